The van der Waals surface area contributed by atoms with Crippen molar-refractivity contribution >= 4 is 11.9 Å². The summed E-state index contributed by atoms with van der Waals surface area (Å²) in [4.78, 5) is 27.3. The van der Waals surface area contributed by atoms with Gasteiger partial charge in [0.1, 0.15) is 6.10 Å². The molecule has 0 aromatic carbocycles. The summed E-state index contributed by atoms with van der Waals surface area (Å²) in [6.45, 7) is 28.6. The molecule has 1 saturated heterocycles. The van der Waals surface area contributed by atoms with Gasteiger partial charge in [-0.15, -0.1) is 0 Å². The van der Waals surface area contributed by atoms with Crippen LogP contribution in [0.5, 0.6) is 0 Å². The molecule has 0 spiro atoms. The number of hydrogen-bond acceptors (Lipinski definition) is 5. The van der Waals surface area contributed by atoms with Crippen LogP contribution in [0.4, 0.5) is 0 Å². The minimum atomic E-state index is -0.867. The summed E-state index contributed by atoms with van der Waals surface area (Å²) in [6, 6.07) is 0. The Labute approximate surface area is 286 Å². The number of fused-ring (bicyclic) bond motifs is 7. The van der Waals surface area contributed by atoms with Gasteiger partial charge in [0.05, 0.1) is 26.1 Å². The highest BCUT2D eigenvalue weighted by atomic mass is 16.5. The van der Waals surface area contributed by atoms with E-state index in [1.165, 1.54) is 63.5 Å². The van der Waals surface area contributed by atoms with Crippen LogP contribution < -0.4 is 0 Å². The quantitative estimate of drug-likeness (QED) is 0.209. The van der Waals surface area contributed by atoms with Crippen LogP contribution in [0.15, 0.2) is 12.2 Å². The second-order valence-electron chi connectivity index (χ2n) is 19.7. The average molecular weight is 654 g/mol. The third kappa shape index (κ3) is 5.75. The molecule has 0 aromatic rings. The lowest BCUT2D eigenvalue weighted by molar-refractivity contribution is -0.251. The van der Waals surface area contributed by atoms with Crippen LogP contribution >= 0.6 is 0 Å². The molecule has 5 aliphatic carbocycles. The maximum Gasteiger partial charge on any atom is 0.306 e. The van der Waals surface area contributed by atoms with Crippen LogP contribution in [0.3, 0.4) is 0 Å². The van der Waals surface area contributed by atoms with Crippen LogP contribution in [0.2, 0.25) is 0 Å². The zero-order chi connectivity index (χ0) is 34.2. The number of carboxylic acids is 1. The van der Waals surface area contributed by atoms with Gasteiger partial charge in [-0.3, -0.25) is 14.5 Å². The molecule has 1 heterocycles. The molecule has 266 valence electrons. The maximum atomic E-state index is 13.2. The van der Waals surface area contributed by atoms with Gasteiger partial charge >= 0.3 is 11.9 Å². The van der Waals surface area contributed by atoms with E-state index in [0.717, 1.165) is 51.0 Å². The number of nitrogens with zero attached hydrogens (tertiary/aromatic N) is 1. The third-order valence-electron chi connectivity index (χ3n) is 16.3. The second kappa shape index (κ2) is 12.1. The fourth-order valence-electron chi connectivity index (χ4n) is 14.0. The first-order valence-corrected chi connectivity index (χ1v) is 19.3. The molecular weight excluding hydrogens is 586 g/mol. The molecule has 1 N–H and O–H groups in total. The van der Waals surface area contributed by atoms with E-state index in [4.69, 9.17) is 9.47 Å². The first kappa shape index (κ1) is 35.4. The van der Waals surface area contributed by atoms with Crippen molar-refractivity contribution < 1.29 is 24.2 Å². The molecular formula is C41H67NO5. The molecule has 47 heavy (non-hydrogen) atoms. The van der Waals surface area contributed by atoms with Crippen molar-refractivity contribution in [1.82, 2.24) is 4.90 Å². The van der Waals surface area contributed by atoms with Crippen molar-refractivity contribution in [3.8, 4) is 0 Å². The Bertz CT molecular complexity index is 1240. The van der Waals surface area contributed by atoms with Crippen molar-refractivity contribution in [2.45, 2.75) is 139 Å². The lowest BCUT2D eigenvalue weighted by Gasteiger charge is -2.73. The molecule has 1 aliphatic heterocycles. The van der Waals surface area contributed by atoms with E-state index in [-0.39, 0.29) is 35.7 Å². The molecule has 10 atom stereocenters. The number of rotatable bonds is 8. The summed E-state index contributed by atoms with van der Waals surface area (Å²) >= 11 is 0. The third-order valence-corrected chi connectivity index (χ3v) is 16.3. The molecule has 6 fully saturated rings. The Morgan fingerprint density at radius 3 is 2.23 bits per heavy atom. The number of ether oxygens (including phenoxy) is 2. The van der Waals surface area contributed by atoms with E-state index in [2.05, 4.69) is 53.0 Å². The van der Waals surface area contributed by atoms with Gasteiger partial charge in [-0.2, -0.15) is 0 Å². The number of carbonyl (C=O) groups is 2. The lowest BCUT2D eigenvalue weighted by Crippen LogP contribution is -2.67. The normalized spacial score (nSPS) is 44.8. The van der Waals surface area contributed by atoms with Gasteiger partial charge in [0, 0.05) is 25.0 Å². The maximum absolute atomic E-state index is 13.2. The monoisotopic (exact) mass is 654 g/mol. The van der Waals surface area contributed by atoms with Gasteiger partial charge in [0.15, 0.2) is 0 Å². The Hall–Kier alpha value is -1.40. The second-order valence-corrected chi connectivity index (χ2v) is 19.7. The van der Waals surface area contributed by atoms with E-state index >= 15 is 0 Å². The molecule has 6 heteroatoms. The zero-order valence-corrected chi connectivity index (χ0v) is 31.2. The first-order chi connectivity index (χ1) is 21.9. The van der Waals surface area contributed by atoms with E-state index in [9.17, 15) is 14.7 Å². The zero-order valence-electron chi connectivity index (χ0n) is 31.2. The number of aliphatic carboxylic acids is 1. The SMILES string of the molecule is C=C(C)[C@@H]1CC[C@]2(CN3CCOCC3)CC[C@]3(C)[C@H](CC[C@@H]4[C@@]5(C)CC[C@H](OC(=O)CC(C)(C)CC(=O)O)C(C)(C)[C@@H]5CC[C@]43C)[C@@H]12. The predicted molar refractivity (Wildman–Crippen MR) is 187 cm³/mol. The van der Waals surface area contributed by atoms with Gasteiger partial charge in [0.25, 0.3) is 0 Å². The van der Waals surface area contributed by atoms with Crippen LogP contribution in [-0.4, -0.2) is 60.9 Å². The first-order valence-electron chi connectivity index (χ1n) is 19.3. The van der Waals surface area contributed by atoms with Gasteiger partial charge < -0.3 is 14.6 Å². The fraction of sp³-hybridized carbons (Fsp3) is 0.902. The number of esters is 1. The van der Waals surface area contributed by atoms with Gasteiger partial charge in [-0.05, 0) is 128 Å². The average Bonchev–Trinajstić information content (AvgIpc) is 3.34. The summed E-state index contributed by atoms with van der Waals surface area (Å²) in [5.74, 6) is 2.22. The minimum absolute atomic E-state index is 0.0286. The van der Waals surface area contributed by atoms with E-state index < -0.39 is 11.4 Å². The Morgan fingerprint density at radius 1 is 0.872 bits per heavy atom. The van der Waals surface area contributed by atoms with E-state index in [1.54, 1.807) is 0 Å². The van der Waals surface area contributed by atoms with Crippen molar-refractivity contribution in [2.75, 3.05) is 32.8 Å². The molecule has 0 unspecified atom stereocenters. The predicted octanol–water partition coefficient (Wildman–Crippen LogP) is 8.78. The molecule has 6 nitrogen and oxygen atoms in total. The molecule has 5 saturated carbocycles. The summed E-state index contributed by atoms with van der Waals surface area (Å²) in [5.41, 5.74) is 1.96. The van der Waals surface area contributed by atoms with Crippen molar-refractivity contribution in [2.24, 2.45) is 62.1 Å². The highest BCUT2D eigenvalue weighted by Crippen LogP contribution is 2.77. The summed E-state index contributed by atoms with van der Waals surface area (Å²) in [7, 11) is 0. The van der Waals surface area contributed by atoms with Crippen molar-refractivity contribution in [3.05, 3.63) is 12.2 Å². The molecule has 0 radical (unpaired) electrons. The number of carbonyl (C=O) groups excluding carboxylic acids is 1. The molecule has 6 rings (SSSR count). The number of carboxylic acid groups (broad SMARTS) is 1. The van der Waals surface area contributed by atoms with Crippen LogP contribution in [0.25, 0.3) is 0 Å². The highest BCUT2D eigenvalue weighted by Gasteiger charge is 2.71. The largest absolute Gasteiger partial charge is 0.481 e. The molecule has 0 bridgehead atoms. The molecule has 6 aliphatic rings. The molecule has 0 aromatic heterocycles. The number of allylic oxidation sites excluding steroid dienone is 1. The van der Waals surface area contributed by atoms with E-state index in [0.29, 0.717) is 34.0 Å². The standard InChI is InChI=1S/C41H67NO5/c1-27(2)28-12-17-41(26-42-20-22-46-23-21-42)19-18-39(8)29(35(28)41)10-11-31-38(7)15-14-32(37(5,6)30(38)13-16-40(31,39)9)47-34(45)25-36(3,4)24-33(43)44/h28-32,35H,1,10-26H2,2-9H3,(H,43,44)/t28-,29+,30-,31+,32-,35+,38-,39+,40+,41+/m0/s1. The highest BCUT2D eigenvalue weighted by molar-refractivity contribution is 5.73. The molecule has 0 amide bonds. The fourth-order valence-corrected chi connectivity index (χ4v) is 14.0. The van der Waals surface area contributed by atoms with Crippen molar-refractivity contribution in [3.63, 3.8) is 0 Å². The Balaban J connectivity index is 1.24. The summed E-state index contributed by atoms with van der Waals surface area (Å²) in [5, 5.41) is 9.33. The summed E-state index contributed by atoms with van der Waals surface area (Å²) in [6.07, 6.45) is 12.5. The van der Waals surface area contributed by atoms with Gasteiger partial charge in [0.2, 0.25) is 0 Å². The lowest BCUT2D eigenvalue weighted by atomic mass is 9.32. The van der Waals surface area contributed by atoms with Crippen LogP contribution in [0, 0.1) is 62.1 Å². The van der Waals surface area contributed by atoms with Gasteiger partial charge in [-0.1, -0.05) is 60.6 Å². The number of morpholine rings is 1. The van der Waals surface area contributed by atoms with Gasteiger partial charge in [-0.25, -0.2) is 0 Å². The smallest absolute Gasteiger partial charge is 0.306 e. The van der Waals surface area contributed by atoms with E-state index in [1.807, 2.05) is 13.8 Å². The topological polar surface area (TPSA) is 76.1 Å². The number of hydrogen-bond donors (Lipinski definition) is 1. The van der Waals surface area contributed by atoms with Crippen molar-refractivity contribution in [1.29, 1.82) is 0 Å². The van der Waals surface area contributed by atoms with Crippen LogP contribution in [-0.2, 0) is 19.1 Å². The Kier molecular flexibility index (Phi) is 9.14. The Morgan fingerprint density at radius 2 is 1.57 bits per heavy atom. The minimum Gasteiger partial charge on any atom is -0.481 e. The van der Waals surface area contributed by atoms with Crippen LogP contribution in [0.1, 0.15) is 132 Å². The summed E-state index contributed by atoms with van der Waals surface area (Å²) < 4.78 is 12.0.